The summed E-state index contributed by atoms with van der Waals surface area (Å²) in [5.74, 6) is -1.84. The van der Waals surface area contributed by atoms with Gasteiger partial charge in [0.25, 0.3) is 10.0 Å². The molecule has 282 valence electrons. The van der Waals surface area contributed by atoms with Gasteiger partial charge in [0.05, 0.1) is 11.9 Å². The molecule has 0 saturated carbocycles. The highest BCUT2D eigenvalue weighted by Gasteiger charge is 2.45. The van der Waals surface area contributed by atoms with Crippen LogP contribution in [0.2, 0.25) is 0 Å². The van der Waals surface area contributed by atoms with E-state index in [1.807, 2.05) is 38.6 Å². The summed E-state index contributed by atoms with van der Waals surface area (Å²) in [7, 11) is -2.64. The number of amides is 1. The van der Waals surface area contributed by atoms with Gasteiger partial charge in [-0.25, -0.2) is 27.1 Å². The maximum absolute atomic E-state index is 16.4. The molecule has 54 heavy (non-hydrogen) atoms. The molecule has 4 aromatic carbocycles. The lowest BCUT2D eigenvalue weighted by Crippen LogP contribution is -2.36. The number of esters is 1. The van der Waals surface area contributed by atoms with Crippen LogP contribution in [-0.4, -0.2) is 55.8 Å². The second-order valence-corrected chi connectivity index (χ2v) is 16.1. The standard InChI is InChI=1S/C42H44FN3O7S/c1-8-24-46(7)38(29-22-23-32(34(43)25-29)33-20-14-15-21-35(33)54(50,51)45-41(49)53-42(4,5)6)36(37(44-46)27(2)3)40(48)52-26-30-18-12-13-19-31(30)39(47)28-16-10-9-11-17-28/h9-23,25,27H,8,24,26H2,1-7H3/p+1. The van der Waals surface area contributed by atoms with Crippen molar-refractivity contribution < 1.29 is 41.3 Å². The van der Waals surface area contributed by atoms with Crippen LogP contribution >= 0.6 is 0 Å². The van der Waals surface area contributed by atoms with Crippen molar-refractivity contribution in [2.45, 2.75) is 65.1 Å². The van der Waals surface area contributed by atoms with Crippen molar-refractivity contribution in [3.05, 3.63) is 131 Å². The average molecular weight is 755 g/mol. The lowest BCUT2D eigenvalue weighted by Gasteiger charge is -2.26. The topological polar surface area (TPSA) is 128 Å². The third kappa shape index (κ3) is 8.67. The molecule has 1 N–H and O–H groups in total. The second kappa shape index (κ2) is 15.9. The quantitative estimate of drug-likeness (QED) is 0.0876. The van der Waals surface area contributed by atoms with Gasteiger partial charge in [-0.05, 0) is 45.4 Å². The van der Waals surface area contributed by atoms with E-state index in [0.717, 1.165) is 0 Å². The number of sulfonamides is 1. The van der Waals surface area contributed by atoms with Crippen molar-refractivity contribution in [2.75, 3.05) is 13.6 Å². The van der Waals surface area contributed by atoms with E-state index in [9.17, 15) is 22.8 Å². The molecule has 0 fully saturated rings. The number of hydrogen-bond donors (Lipinski definition) is 1. The molecule has 0 saturated heterocycles. The Morgan fingerprint density at radius 3 is 2.19 bits per heavy atom. The minimum Gasteiger partial charge on any atom is -0.457 e. The van der Waals surface area contributed by atoms with Crippen LogP contribution in [0.15, 0.2) is 113 Å². The summed E-state index contributed by atoms with van der Waals surface area (Å²) in [5.41, 5.74) is 1.94. The third-order valence-corrected chi connectivity index (χ3v) is 10.1. The molecule has 1 heterocycles. The molecular weight excluding hydrogens is 710 g/mol. The molecule has 0 aliphatic carbocycles. The Kier molecular flexibility index (Phi) is 11.7. The summed E-state index contributed by atoms with van der Waals surface area (Å²) in [4.78, 5) is 39.7. The monoisotopic (exact) mass is 754 g/mol. The minimum absolute atomic E-state index is 0.0197. The summed E-state index contributed by atoms with van der Waals surface area (Å²) < 4.78 is 56.0. The highest BCUT2D eigenvalue weighted by atomic mass is 32.2. The average Bonchev–Trinajstić information content (AvgIpc) is 3.43. The number of carbonyl (C=O) groups is 3. The molecule has 0 spiro atoms. The highest BCUT2D eigenvalue weighted by molar-refractivity contribution is 7.90. The number of benzene rings is 4. The van der Waals surface area contributed by atoms with E-state index < -0.39 is 33.5 Å². The van der Waals surface area contributed by atoms with Crippen molar-refractivity contribution in [3.8, 4) is 11.1 Å². The maximum atomic E-state index is 16.4. The number of nitrogens with zero attached hydrogens (tertiary/aromatic N) is 2. The molecule has 12 heteroatoms. The van der Waals surface area contributed by atoms with Gasteiger partial charge < -0.3 is 9.47 Å². The number of ether oxygens (including phenoxy) is 2. The fraction of sp³-hybridized carbons (Fsp3) is 0.286. The van der Waals surface area contributed by atoms with Gasteiger partial charge in [-0.2, -0.15) is 4.59 Å². The predicted molar refractivity (Wildman–Crippen MR) is 205 cm³/mol. The van der Waals surface area contributed by atoms with Gasteiger partial charge >= 0.3 is 12.1 Å². The first kappa shape index (κ1) is 39.7. The fourth-order valence-corrected chi connectivity index (χ4v) is 7.52. The molecule has 4 aromatic rings. The molecule has 5 rings (SSSR count). The lowest BCUT2D eigenvalue weighted by molar-refractivity contribution is -0.844. The zero-order chi connectivity index (χ0) is 39.4. The largest absolute Gasteiger partial charge is 0.457 e. The van der Waals surface area contributed by atoms with Crippen LogP contribution < -0.4 is 4.72 Å². The Labute approximate surface area is 315 Å². The van der Waals surface area contributed by atoms with Crippen LogP contribution in [0, 0.1) is 11.7 Å². The van der Waals surface area contributed by atoms with Crippen LogP contribution in [0.25, 0.3) is 16.8 Å². The van der Waals surface area contributed by atoms with E-state index in [4.69, 9.17) is 14.6 Å². The van der Waals surface area contributed by atoms with Crippen LogP contribution in [0.1, 0.15) is 75.0 Å². The second-order valence-electron chi connectivity index (χ2n) is 14.5. The fourth-order valence-electron chi connectivity index (χ4n) is 6.42. The number of quaternary nitrogens is 1. The Hall–Kier alpha value is -5.46. The van der Waals surface area contributed by atoms with Crippen LogP contribution in [0.5, 0.6) is 0 Å². The van der Waals surface area contributed by atoms with Gasteiger partial charge in [-0.15, -0.1) is 0 Å². The van der Waals surface area contributed by atoms with E-state index in [2.05, 4.69) is 0 Å². The van der Waals surface area contributed by atoms with E-state index in [1.54, 1.807) is 81.4 Å². The number of ketones is 1. The summed E-state index contributed by atoms with van der Waals surface area (Å²) in [6.45, 7) is 10.9. The van der Waals surface area contributed by atoms with E-state index >= 15 is 4.39 Å². The number of halogens is 1. The Bertz CT molecular complexity index is 2260. The Morgan fingerprint density at radius 2 is 1.54 bits per heavy atom. The van der Waals surface area contributed by atoms with Crippen molar-refractivity contribution in [1.29, 1.82) is 0 Å². The highest BCUT2D eigenvalue weighted by Crippen LogP contribution is 2.40. The smallest absolute Gasteiger partial charge is 0.421 e. The normalized spacial score (nSPS) is 15.9. The van der Waals surface area contributed by atoms with Crippen molar-refractivity contribution in [3.63, 3.8) is 0 Å². The van der Waals surface area contributed by atoms with Crippen molar-refractivity contribution in [2.24, 2.45) is 11.0 Å². The van der Waals surface area contributed by atoms with Crippen LogP contribution in [0.4, 0.5) is 9.18 Å². The van der Waals surface area contributed by atoms with E-state index in [0.29, 0.717) is 46.6 Å². The molecule has 10 nitrogen and oxygen atoms in total. The van der Waals surface area contributed by atoms with Crippen molar-refractivity contribution in [1.82, 2.24) is 4.72 Å². The van der Waals surface area contributed by atoms with Gasteiger partial charge in [-0.3, -0.25) is 4.79 Å². The molecule has 1 atom stereocenters. The summed E-state index contributed by atoms with van der Waals surface area (Å²) in [6.07, 6.45) is -0.483. The van der Waals surface area contributed by atoms with Crippen molar-refractivity contribution >= 4 is 39.3 Å². The molecular formula is C42H45FN3O7S+. The maximum Gasteiger partial charge on any atom is 0.421 e. The molecule has 1 amide bonds. The molecule has 0 radical (unpaired) electrons. The summed E-state index contributed by atoms with van der Waals surface area (Å²) >= 11 is 0. The van der Waals surface area contributed by atoms with Gasteiger partial charge in [0, 0.05) is 39.3 Å². The van der Waals surface area contributed by atoms with Gasteiger partial charge in [0.1, 0.15) is 30.3 Å². The first-order valence-electron chi connectivity index (χ1n) is 17.7. The van der Waals surface area contributed by atoms with Crippen LogP contribution in [0.3, 0.4) is 0 Å². The molecule has 1 unspecified atom stereocenters. The number of nitrogens with one attached hydrogen (secondary N) is 1. The molecule has 1 aliphatic rings. The zero-order valence-corrected chi connectivity index (χ0v) is 32.3. The van der Waals surface area contributed by atoms with Gasteiger partial charge in [0.2, 0.25) is 0 Å². The molecule has 0 aromatic heterocycles. The van der Waals surface area contributed by atoms with Crippen LogP contribution in [-0.2, 0) is 30.9 Å². The minimum atomic E-state index is -4.47. The summed E-state index contributed by atoms with van der Waals surface area (Å²) in [6, 6.07) is 25.8. The van der Waals surface area contributed by atoms with E-state index in [-0.39, 0.29) is 44.5 Å². The molecule has 1 aliphatic heterocycles. The Morgan fingerprint density at radius 1 is 0.889 bits per heavy atom. The molecule has 0 bridgehead atoms. The van der Waals surface area contributed by atoms with Gasteiger partial charge in [0.15, 0.2) is 17.1 Å². The lowest BCUT2D eigenvalue weighted by atomic mass is 9.94. The first-order valence-corrected chi connectivity index (χ1v) is 19.1. The third-order valence-electron chi connectivity index (χ3n) is 8.70. The number of carbonyl (C=O) groups excluding carboxylic acids is 3. The zero-order valence-electron chi connectivity index (χ0n) is 31.5. The number of rotatable bonds is 12. The first-order chi connectivity index (χ1) is 25.5. The number of hydrogen-bond acceptors (Lipinski definition) is 8. The SMILES string of the molecule is CCC[N+]1(C)N=C(C(C)C)C(C(=O)OCc2ccccc2C(=O)c2ccccc2)=C1c1ccc(-c2ccccc2S(=O)(=O)NC(=O)OC(C)(C)C)c(F)c1. The van der Waals surface area contributed by atoms with Gasteiger partial charge in [-0.1, -0.05) is 105 Å². The summed E-state index contributed by atoms with van der Waals surface area (Å²) in [5, 5.41) is 4.99. The van der Waals surface area contributed by atoms with E-state index in [1.165, 1.54) is 30.3 Å². The predicted octanol–water partition coefficient (Wildman–Crippen LogP) is 8.27. The Balaban J connectivity index is 1.54.